The van der Waals surface area contributed by atoms with Gasteiger partial charge in [0.25, 0.3) is 17.7 Å². The monoisotopic (exact) mass is 483 g/mol. The molecule has 1 aromatic heterocycles. The van der Waals surface area contributed by atoms with Crippen LogP contribution in [0, 0.1) is 0 Å². The zero-order chi connectivity index (χ0) is 23.4. The Kier molecular flexibility index (Phi) is 6.82. The number of halogens is 2. The third-order valence-electron chi connectivity index (χ3n) is 5.05. The van der Waals surface area contributed by atoms with E-state index in [9.17, 15) is 14.4 Å². The lowest BCUT2D eigenvalue weighted by molar-refractivity contribution is -0.138. The molecule has 7 nitrogen and oxygen atoms in total. The van der Waals surface area contributed by atoms with Gasteiger partial charge in [-0.15, -0.1) is 0 Å². The highest BCUT2D eigenvalue weighted by Crippen LogP contribution is 2.25. The molecular formula is C24H19Cl2N3O4. The Bertz CT molecular complexity index is 1200. The molecule has 0 unspecified atom stereocenters. The SMILES string of the molecule is O=C(NCc1ccco1)c1ccc(CNC2=C(Cl)C(=O)N(Cc3ccc(Cl)cc3)C2=O)cc1. The van der Waals surface area contributed by atoms with Gasteiger partial charge in [0.05, 0.1) is 19.4 Å². The molecule has 0 bridgehead atoms. The van der Waals surface area contributed by atoms with Crippen LogP contribution < -0.4 is 10.6 Å². The predicted molar refractivity (Wildman–Crippen MR) is 123 cm³/mol. The van der Waals surface area contributed by atoms with Crippen LogP contribution in [-0.4, -0.2) is 22.6 Å². The number of carbonyl (C=O) groups is 3. The molecule has 1 aliphatic rings. The van der Waals surface area contributed by atoms with Crippen molar-refractivity contribution in [1.82, 2.24) is 15.5 Å². The summed E-state index contributed by atoms with van der Waals surface area (Å²) in [6.07, 6.45) is 1.55. The number of rotatable bonds is 8. The van der Waals surface area contributed by atoms with Crippen LogP contribution in [0.3, 0.4) is 0 Å². The minimum atomic E-state index is -0.553. The summed E-state index contributed by atoms with van der Waals surface area (Å²) in [5.74, 6) is -0.613. The smallest absolute Gasteiger partial charge is 0.278 e. The molecule has 0 spiro atoms. The van der Waals surface area contributed by atoms with Crippen LogP contribution in [0.4, 0.5) is 0 Å². The molecule has 3 amide bonds. The highest BCUT2D eigenvalue weighted by atomic mass is 35.5. The van der Waals surface area contributed by atoms with Crippen LogP contribution in [0.5, 0.6) is 0 Å². The summed E-state index contributed by atoms with van der Waals surface area (Å²) in [6, 6.07) is 17.3. The maximum Gasteiger partial charge on any atom is 0.278 e. The molecule has 9 heteroatoms. The summed E-state index contributed by atoms with van der Waals surface area (Å²) in [5, 5.41) is 6.14. The van der Waals surface area contributed by atoms with Crippen LogP contribution in [0.1, 0.15) is 27.2 Å². The van der Waals surface area contributed by atoms with Crippen molar-refractivity contribution in [2.45, 2.75) is 19.6 Å². The van der Waals surface area contributed by atoms with E-state index in [4.69, 9.17) is 27.6 Å². The third kappa shape index (κ3) is 5.27. The maximum absolute atomic E-state index is 12.7. The van der Waals surface area contributed by atoms with Gasteiger partial charge in [0.1, 0.15) is 16.5 Å². The zero-order valence-corrected chi connectivity index (χ0v) is 18.8. The van der Waals surface area contributed by atoms with E-state index in [2.05, 4.69) is 10.6 Å². The summed E-state index contributed by atoms with van der Waals surface area (Å²) >= 11 is 12.0. The number of furan rings is 1. The molecule has 0 radical (unpaired) electrons. The Morgan fingerprint density at radius 3 is 2.24 bits per heavy atom. The highest BCUT2D eigenvalue weighted by Gasteiger charge is 2.37. The highest BCUT2D eigenvalue weighted by molar-refractivity contribution is 6.47. The molecule has 2 aromatic carbocycles. The number of carbonyl (C=O) groups excluding carboxylic acids is 3. The topological polar surface area (TPSA) is 91.7 Å². The van der Waals surface area contributed by atoms with E-state index in [1.165, 1.54) is 0 Å². The first-order chi connectivity index (χ1) is 15.9. The fourth-order valence-corrected chi connectivity index (χ4v) is 3.64. The molecule has 0 aliphatic carbocycles. The predicted octanol–water partition coefficient (Wildman–Crippen LogP) is 3.97. The van der Waals surface area contributed by atoms with Crippen LogP contribution in [0.25, 0.3) is 0 Å². The number of benzene rings is 2. The minimum Gasteiger partial charge on any atom is -0.467 e. The first-order valence-electron chi connectivity index (χ1n) is 10.1. The Morgan fingerprint density at radius 2 is 1.58 bits per heavy atom. The number of hydrogen-bond acceptors (Lipinski definition) is 5. The number of nitrogens with zero attached hydrogens (tertiary/aromatic N) is 1. The van der Waals surface area contributed by atoms with Gasteiger partial charge in [-0.1, -0.05) is 47.5 Å². The molecule has 0 saturated heterocycles. The number of nitrogens with one attached hydrogen (secondary N) is 2. The number of amides is 3. The minimum absolute atomic E-state index is 0.0518. The van der Waals surface area contributed by atoms with Crippen LogP contribution >= 0.6 is 23.2 Å². The lowest BCUT2D eigenvalue weighted by Gasteiger charge is -2.15. The molecule has 0 atom stereocenters. The second-order valence-corrected chi connectivity index (χ2v) is 8.14. The van der Waals surface area contributed by atoms with Gasteiger partial charge in [-0.3, -0.25) is 19.3 Å². The van der Waals surface area contributed by atoms with Crippen molar-refractivity contribution in [1.29, 1.82) is 0 Å². The molecule has 4 rings (SSSR count). The Morgan fingerprint density at radius 1 is 0.879 bits per heavy atom. The standard InChI is InChI=1S/C24H19Cl2N3O4/c25-18-9-5-16(6-10-18)14-29-23(31)20(26)21(24(29)32)27-12-15-3-7-17(8-4-15)22(30)28-13-19-2-1-11-33-19/h1-11,27H,12-14H2,(H,28,30). The fraction of sp³-hybridized carbons (Fsp3) is 0.125. The first kappa shape index (κ1) is 22.6. The molecule has 168 valence electrons. The van der Waals surface area contributed by atoms with Gasteiger partial charge in [-0.2, -0.15) is 0 Å². The zero-order valence-electron chi connectivity index (χ0n) is 17.3. The second-order valence-electron chi connectivity index (χ2n) is 7.32. The quantitative estimate of drug-likeness (QED) is 0.473. The largest absolute Gasteiger partial charge is 0.467 e. The second kappa shape index (κ2) is 9.94. The Labute approximate surface area is 200 Å². The van der Waals surface area contributed by atoms with E-state index >= 15 is 0 Å². The van der Waals surface area contributed by atoms with Crippen molar-refractivity contribution in [2.24, 2.45) is 0 Å². The summed E-state index contributed by atoms with van der Waals surface area (Å²) < 4.78 is 5.19. The number of imide groups is 1. The molecule has 2 heterocycles. The van der Waals surface area contributed by atoms with Gasteiger partial charge in [0.15, 0.2) is 0 Å². The molecule has 1 aliphatic heterocycles. The molecule has 0 saturated carbocycles. The van der Waals surface area contributed by atoms with Crippen LogP contribution in [0.15, 0.2) is 82.1 Å². The van der Waals surface area contributed by atoms with Crippen molar-refractivity contribution >= 4 is 40.9 Å². The van der Waals surface area contributed by atoms with E-state index in [1.54, 1.807) is 66.9 Å². The van der Waals surface area contributed by atoms with Crippen molar-refractivity contribution in [3.8, 4) is 0 Å². The Balaban J connectivity index is 1.34. The van der Waals surface area contributed by atoms with Gasteiger partial charge < -0.3 is 15.1 Å². The lowest BCUT2D eigenvalue weighted by Crippen LogP contribution is -2.33. The molecule has 3 aromatic rings. The van der Waals surface area contributed by atoms with Crippen molar-refractivity contribution in [3.05, 3.63) is 105 Å². The van der Waals surface area contributed by atoms with Crippen molar-refractivity contribution < 1.29 is 18.8 Å². The lowest BCUT2D eigenvalue weighted by atomic mass is 10.1. The van der Waals surface area contributed by atoms with Crippen LogP contribution in [0.2, 0.25) is 5.02 Å². The van der Waals surface area contributed by atoms with E-state index < -0.39 is 11.8 Å². The van der Waals surface area contributed by atoms with E-state index in [1.807, 2.05) is 0 Å². The number of hydrogen-bond donors (Lipinski definition) is 2. The van der Waals surface area contributed by atoms with Gasteiger partial charge in [-0.25, -0.2) is 0 Å². The summed E-state index contributed by atoms with van der Waals surface area (Å²) in [5.41, 5.74) is 2.11. The summed E-state index contributed by atoms with van der Waals surface area (Å²) in [7, 11) is 0. The average Bonchev–Trinajstić information content (AvgIpc) is 3.41. The molecule has 33 heavy (non-hydrogen) atoms. The van der Waals surface area contributed by atoms with Gasteiger partial charge in [-0.05, 0) is 47.5 Å². The van der Waals surface area contributed by atoms with Gasteiger partial charge in [0, 0.05) is 17.1 Å². The molecule has 2 N–H and O–H groups in total. The van der Waals surface area contributed by atoms with E-state index in [0.717, 1.165) is 16.0 Å². The normalized spacial score (nSPS) is 13.6. The first-order valence-corrected chi connectivity index (χ1v) is 10.8. The molecule has 0 fully saturated rings. The third-order valence-corrected chi connectivity index (χ3v) is 5.66. The van der Waals surface area contributed by atoms with Crippen LogP contribution in [-0.2, 0) is 29.2 Å². The Hall–Kier alpha value is -3.55. The van der Waals surface area contributed by atoms with Crippen molar-refractivity contribution in [3.63, 3.8) is 0 Å². The summed E-state index contributed by atoms with van der Waals surface area (Å²) in [6.45, 7) is 0.649. The summed E-state index contributed by atoms with van der Waals surface area (Å²) in [4.78, 5) is 38.6. The average molecular weight is 484 g/mol. The van der Waals surface area contributed by atoms with Crippen molar-refractivity contribution in [2.75, 3.05) is 0 Å². The van der Waals surface area contributed by atoms with E-state index in [-0.39, 0.29) is 29.7 Å². The molecular weight excluding hydrogens is 465 g/mol. The van der Waals surface area contributed by atoms with E-state index in [0.29, 0.717) is 22.9 Å². The fourth-order valence-electron chi connectivity index (χ4n) is 3.26. The van der Waals surface area contributed by atoms with Gasteiger partial charge >= 0.3 is 0 Å². The maximum atomic E-state index is 12.7. The van der Waals surface area contributed by atoms with Gasteiger partial charge in [0.2, 0.25) is 0 Å².